The summed E-state index contributed by atoms with van der Waals surface area (Å²) in [4.78, 5) is 4.14. The molecule has 1 aromatic heterocycles. The molecule has 0 saturated carbocycles. The van der Waals surface area contributed by atoms with Crippen LogP contribution < -0.4 is 10.5 Å². The van der Waals surface area contributed by atoms with Gasteiger partial charge in [0.15, 0.2) is 0 Å². The van der Waals surface area contributed by atoms with E-state index in [0.29, 0.717) is 0 Å². The predicted molar refractivity (Wildman–Crippen MR) is 72.7 cm³/mol. The molecule has 18 heavy (non-hydrogen) atoms. The molecule has 0 bridgehead atoms. The molecule has 0 aliphatic rings. The third-order valence-electron chi connectivity index (χ3n) is 3.09. The number of pyridine rings is 1. The molecule has 94 valence electrons. The van der Waals surface area contributed by atoms with Crippen molar-refractivity contribution in [2.24, 2.45) is 5.73 Å². The number of nitrogens with zero attached hydrogens (tertiary/aromatic N) is 1. The van der Waals surface area contributed by atoms with Crippen LogP contribution in [0.2, 0.25) is 0 Å². The average molecular weight is 242 g/mol. The Morgan fingerprint density at radius 1 is 1.17 bits per heavy atom. The summed E-state index contributed by atoms with van der Waals surface area (Å²) in [6, 6.07) is 8.05. The van der Waals surface area contributed by atoms with E-state index in [-0.39, 0.29) is 6.04 Å². The molecule has 0 aliphatic carbocycles. The van der Waals surface area contributed by atoms with Gasteiger partial charge < -0.3 is 10.5 Å². The largest absolute Gasteiger partial charge is 0.495 e. The van der Waals surface area contributed by atoms with Gasteiger partial charge >= 0.3 is 0 Å². The number of aryl methyl sites for hydroxylation is 2. The highest BCUT2D eigenvalue weighted by Gasteiger charge is 2.12. The van der Waals surface area contributed by atoms with Gasteiger partial charge in [-0.05, 0) is 36.6 Å². The van der Waals surface area contributed by atoms with E-state index >= 15 is 0 Å². The summed E-state index contributed by atoms with van der Waals surface area (Å²) in [6.45, 7) is 4.16. The Kier molecular flexibility index (Phi) is 3.63. The summed E-state index contributed by atoms with van der Waals surface area (Å²) in [5, 5.41) is 0. The SMILES string of the molecule is COc1cncc(C(N)c2ccc(C)cc2C)c1. The van der Waals surface area contributed by atoms with Crippen LogP contribution in [0.15, 0.2) is 36.7 Å². The highest BCUT2D eigenvalue weighted by Crippen LogP contribution is 2.25. The Balaban J connectivity index is 2.37. The van der Waals surface area contributed by atoms with E-state index in [0.717, 1.165) is 16.9 Å². The van der Waals surface area contributed by atoms with E-state index in [2.05, 4.69) is 37.0 Å². The van der Waals surface area contributed by atoms with E-state index < -0.39 is 0 Å². The van der Waals surface area contributed by atoms with Crippen molar-refractivity contribution in [2.45, 2.75) is 19.9 Å². The quantitative estimate of drug-likeness (QED) is 0.900. The highest BCUT2D eigenvalue weighted by molar-refractivity contribution is 5.39. The number of ether oxygens (including phenoxy) is 1. The van der Waals surface area contributed by atoms with Gasteiger partial charge in [0, 0.05) is 6.20 Å². The van der Waals surface area contributed by atoms with Gasteiger partial charge in [0.25, 0.3) is 0 Å². The summed E-state index contributed by atoms with van der Waals surface area (Å²) in [7, 11) is 1.63. The predicted octanol–water partition coefficient (Wildman–Crippen LogP) is 2.76. The van der Waals surface area contributed by atoms with Gasteiger partial charge in [0.2, 0.25) is 0 Å². The minimum atomic E-state index is -0.173. The van der Waals surface area contributed by atoms with Crippen molar-refractivity contribution in [3.8, 4) is 5.75 Å². The third kappa shape index (κ3) is 2.51. The zero-order valence-electron chi connectivity index (χ0n) is 11.0. The van der Waals surface area contributed by atoms with Crippen LogP contribution in [0.1, 0.15) is 28.3 Å². The van der Waals surface area contributed by atoms with E-state index in [1.54, 1.807) is 19.5 Å². The minimum absolute atomic E-state index is 0.173. The van der Waals surface area contributed by atoms with Gasteiger partial charge in [-0.2, -0.15) is 0 Å². The van der Waals surface area contributed by atoms with Crippen molar-refractivity contribution in [3.63, 3.8) is 0 Å². The van der Waals surface area contributed by atoms with E-state index in [1.165, 1.54) is 11.1 Å². The Morgan fingerprint density at radius 2 is 1.94 bits per heavy atom. The number of aromatic nitrogens is 1. The topological polar surface area (TPSA) is 48.1 Å². The molecule has 1 heterocycles. The van der Waals surface area contributed by atoms with E-state index in [4.69, 9.17) is 10.5 Å². The van der Waals surface area contributed by atoms with Gasteiger partial charge in [-0.25, -0.2) is 0 Å². The fourth-order valence-electron chi connectivity index (χ4n) is 2.07. The lowest BCUT2D eigenvalue weighted by molar-refractivity contribution is 0.412. The molecule has 2 N–H and O–H groups in total. The normalized spacial score (nSPS) is 12.2. The number of hydrogen-bond donors (Lipinski definition) is 1. The molecule has 0 saturated heterocycles. The summed E-state index contributed by atoms with van der Waals surface area (Å²) in [5.74, 6) is 0.729. The Labute approximate surface area is 108 Å². The summed E-state index contributed by atoms with van der Waals surface area (Å²) in [6.07, 6.45) is 3.46. The first-order chi connectivity index (χ1) is 8.61. The number of methoxy groups -OCH3 is 1. The molecule has 1 atom stereocenters. The Hall–Kier alpha value is -1.87. The van der Waals surface area contributed by atoms with Crippen molar-refractivity contribution in [1.82, 2.24) is 4.98 Å². The molecular weight excluding hydrogens is 224 g/mol. The maximum Gasteiger partial charge on any atom is 0.137 e. The van der Waals surface area contributed by atoms with Crippen LogP contribution in [-0.2, 0) is 0 Å². The molecule has 0 fully saturated rings. The molecule has 0 radical (unpaired) electrons. The first-order valence-corrected chi connectivity index (χ1v) is 5.93. The van der Waals surface area contributed by atoms with Crippen LogP contribution in [0.5, 0.6) is 5.75 Å². The number of benzene rings is 1. The first kappa shape index (κ1) is 12.6. The standard InChI is InChI=1S/C15H18N2O/c1-10-4-5-14(11(2)6-10)15(16)12-7-13(18-3)9-17-8-12/h4-9,15H,16H2,1-3H3. The van der Waals surface area contributed by atoms with Crippen LogP contribution in [0.25, 0.3) is 0 Å². The Morgan fingerprint density at radius 3 is 2.61 bits per heavy atom. The number of nitrogens with two attached hydrogens (primary N) is 1. The van der Waals surface area contributed by atoms with Crippen LogP contribution >= 0.6 is 0 Å². The molecule has 0 spiro atoms. The second-order valence-corrected chi connectivity index (χ2v) is 4.50. The maximum absolute atomic E-state index is 6.30. The van der Waals surface area contributed by atoms with Crippen molar-refractivity contribution in [3.05, 3.63) is 58.9 Å². The second-order valence-electron chi connectivity index (χ2n) is 4.50. The van der Waals surface area contributed by atoms with Crippen molar-refractivity contribution < 1.29 is 4.74 Å². The molecule has 2 rings (SSSR count). The molecule has 1 aromatic carbocycles. The van der Waals surface area contributed by atoms with Gasteiger partial charge in [-0.15, -0.1) is 0 Å². The van der Waals surface area contributed by atoms with Crippen molar-refractivity contribution in [2.75, 3.05) is 7.11 Å². The van der Waals surface area contributed by atoms with Crippen LogP contribution in [0, 0.1) is 13.8 Å². The van der Waals surface area contributed by atoms with Crippen LogP contribution in [0.3, 0.4) is 0 Å². The number of hydrogen-bond acceptors (Lipinski definition) is 3. The molecule has 1 unspecified atom stereocenters. The van der Waals surface area contributed by atoms with E-state index in [9.17, 15) is 0 Å². The minimum Gasteiger partial charge on any atom is -0.495 e. The fourth-order valence-corrected chi connectivity index (χ4v) is 2.07. The fraction of sp³-hybridized carbons (Fsp3) is 0.267. The third-order valence-corrected chi connectivity index (χ3v) is 3.09. The monoisotopic (exact) mass is 242 g/mol. The molecule has 0 aliphatic heterocycles. The lowest BCUT2D eigenvalue weighted by Crippen LogP contribution is -2.13. The lowest BCUT2D eigenvalue weighted by Gasteiger charge is -2.16. The zero-order valence-corrected chi connectivity index (χ0v) is 11.0. The molecule has 3 heteroatoms. The van der Waals surface area contributed by atoms with Crippen molar-refractivity contribution >= 4 is 0 Å². The smallest absolute Gasteiger partial charge is 0.137 e. The molecule has 0 amide bonds. The molecule has 3 nitrogen and oxygen atoms in total. The number of rotatable bonds is 3. The Bertz CT molecular complexity index is 552. The van der Waals surface area contributed by atoms with Gasteiger partial charge in [0.05, 0.1) is 19.3 Å². The highest BCUT2D eigenvalue weighted by atomic mass is 16.5. The van der Waals surface area contributed by atoms with Crippen LogP contribution in [0.4, 0.5) is 0 Å². The summed E-state index contributed by atoms with van der Waals surface area (Å²) in [5.41, 5.74) is 10.8. The molecule has 2 aromatic rings. The zero-order chi connectivity index (χ0) is 13.1. The lowest BCUT2D eigenvalue weighted by atomic mass is 9.95. The summed E-state index contributed by atoms with van der Waals surface area (Å²) < 4.78 is 5.17. The second kappa shape index (κ2) is 5.19. The average Bonchev–Trinajstić information content (AvgIpc) is 2.38. The van der Waals surface area contributed by atoms with Gasteiger partial charge in [-0.3, -0.25) is 4.98 Å². The maximum atomic E-state index is 6.30. The van der Waals surface area contributed by atoms with Gasteiger partial charge in [-0.1, -0.05) is 23.8 Å². The van der Waals surface area contributed by atoms with Crippen LogP contribution in [-0.4, -0.2) is 12.1 Å². The first-order valence-electron chi connectivity index (χ1n) is 5.93. The van der Waals surface area contributed by atoms with E-state index in [1.807, 2.05) is 6.07 Å². The van der Waals surface area contributed by atoms with Crippen molar-refractivity contribution in [1.29, 1.82) is 0 Å². The molecular formula is C15H18N2O. The summed E-state index contributed by atoms with van der Waals surface area (Å²) >= 11 is 0. The van der Waals surface area contributed by atoms with Gasteiger partial charge in [0.1, 0.15) is 5.75 Å².